The third-order valence-electron chi connectivity index (χ3n) is 4.06. The van der Waals surface area contributed by atoms with Gasteiger partial charge in [0, 0.05) is 31.9 Å². The Labute approximate surface area is 108 Å². The standard InChI is InChI=1S/C15H19N3/c1-18-9-8-17-14(18)7-6-12-10-11-4-2-3-5-13(11)15(12)16/h2-5,8-9,12,15H,6-7,10,16H2,1H3. The van der Waals surface area contributed by atoms with Gasteiger partial charge in [-0.05, 0) is 29.9 Å². The van der Waals surface area contributed by atoms with E-state index in [9.17, 15) is 0 Å². The maximum Gasteiger partial charge on any atom is 0.108 e. The van der Waals surface area contributed by atoms with Crippen LogP contribution in [-0.2, 0) is 19.9 Å². The minimum absolute atomic E-state index is 0.196. The molecule has 0 spiro atoms. The first-order valence-corrected chi connectivity index (χ1v) is 6.55. The largest absolute Gasteiger partial charge is 0.338 e. The fourth-order valence-corrected chi connectivity index (χ4v) is 2.94. The van der Waals surface area contributed by atoms with Gasteiger partial charge in [0.05, 0.1) is 0 Å². The van der Waals surface area contributed by atoms with Gasteiger partial charge in [-0.2, -0.15) is 0 Å². The summed E-state index contributed by atoms with van der Waals surface area (Å²) in [4.78, 5) is 4.37. The van der Waals surface area contributed by atoms with E-state index >= 15 is 0 Å². The molecule has 1 heterocycles. The van der Waals surface area contributed by atoms with Gasteiger partial charge >= 0.3 is 0 Å². The molecular weight excluding hydrogens is 222 g/mol. The molecule has 2 aromatic rings. The zero-order valence-corrected chi connectivity index (χ0v) is 10.7. The fraction of sp³-hybridized carbons (Fsp3) is 0.400. The van der Waals surface area contributed by atoms with Gasteiger partial charge in [0.15, 0.2) is 0 Å². The summed E-state index contributed by atoms with van der Waals surface area (Å²) in [5, 5.41) is 0. The van der Waals surface area contributed by atoms with Crippen molar-refractivity contribution in [2.45, 2.75) is 25.3 Å². The molecule has 1 aromatic heterocycles. The van der Waals surface area contributed by atoms with E-state index in [0.29, 0.717) is 5.92 Å². The summed E-state index contributed by atoms with van der Waals surface area (Å²) < 4.78 is 2.09. The Kier molecular flexibility index (Phi) is 2.92. The highest BCUT2D eigenvalue weighted by Crippen LogP contribution is 2.36. The van der Waals surface area contributed by atoms with E-state index in [2.05, 4.69) is 33.8 Å². The molecule has 0 radical (unpaired) electrons. The maximum absolute atomic E-state index is 6.34. The zero-order valence-electron chi connectivity index (χ0n) is 10.7. The first-order valence-electron chi connectivity index (χ1n) is 6.55. The van der Waals surface area contributed by atoms with Crippen LogP contribution in [0.15, 0.2) is 36.7 Å². The average Bonchev–Trinajstić information content (AvgIpc) is 2.92. The Balaban J connectivity index is 1.68. The number of fused-ring (bicyclic) bond motifs is 1. The highest BCUT2D eigenvalue weighted by Gasteiger charge is 2.28. The number of benzene rings is 1. The number of nitrogens with zero attached hydrogens (tertiary/aromatic N) is 2. The second-order valence-corrected chi connectivity index (χ2v) is 5.18. The SMILES string of the molecule is Cn1ccnc1CCC1Cc2ccccc2C1N. The summed E-state index contributed by atoms with van der Waals surface area (Å²) in [6.07, 6.45) is 7.09. The fourth-order valence-electron chi connectivity index (χ4n) is 2.94. The monoisotopic (exact) mass is 241 g/mol. The molecule has 2 N–H and O–H groups in total. The van der Waals surface area contributed by atoms with E-state index in [0.717, 1.165) is 25.1 Å². The van der Waals surface area contributed by atoms with E-state index in [-0.39, 0.29) is 6.04 Å². The van der Waals surface area contributed by atoms with Gasteiger partial charge in [-0.1, -0.05) is 24.3 Å². The van der Waals surface area contributed by atoms with E-state index < -0.39 is 0 Å². The lowest BCUT2D eigenvalue weighted by molar-refractivity contribution is 0.428. The van der Waals surface area contributed by atoms with Crippen LogP contribution in [0.1, 0.15) is 29.4 Å². The van der Waals surface area contributed by atoms with Crippen molar-refractivity contribution < 1.29 is 0 Å². The minimum atomic E-state index is 0.196. The minimum Gasteiger partial charge on any atom is -0.338 e. The van der Waals surface area contributed by atoms with Gasteiger partial charge < -0.3 is 10.3 Å². The third-order valence-corrected chi connectivity index (χ3v) is 4.06. The maximum atomic E-state index is 6.34. The summed E-state index contributed by atoms with van der Waals surface area (Å²) in [6.45, 7) is 0. The molecule has 18 heavy (non-hydrogen) atoms. The number of hydrogen-bond donors (Lipinski definition) is 1. The lowest BCUT2D eigenvalue weighted by Crippen LogP contribution is -2.18. The molecule has 3 rings (SSSR count). The predicted octanol–water partition coefficient (Wildman–Crippen LogP) is 2.23. The third kappa shape index (κ3) is 1.95. The molecular formula is C15H19N3. The smallest absolute Gasteiger partial charge is 0.108 e. The molecule has 0 aliphatic heterocycles. The van der Waals surface area contributed by atoms with Crippen LogP contribution in [-0.4, -0.2) is 9.55 Å². The molecule has 0 fully saturated rings. The van der Waals surface area contributed by atoms with E-state index in [1.807, 2.05) is 19.4 Å². The molecule has 1 aromatic carbocycles. The molecule has 94 valence electrons. The molecule has 3 heteroatoms. The Bertz CT molecular complexity index is 544. The lowest BCUT2D eigenvalue weighted by atomic mass is 9.96. The summed E-state index contributed by atoms with van der Waals surface area (Å²) in [7, 11) is 2.05. The Hall–Kier alpha value is -1.61. The molecule has 0 bridgehead atoms. The van der Waals surface area contributed by atoms with Crippen LogP contribution in [0, 0.1) is 5.92 Å². The first kappa shape index (κ1) is 11.5. The predicted molar refractivity (Wildman–Crippen MR) is 72.1 cm³/mol. The van der Waals surface area contributed by atoms with Crippen molar-refractivity contribution in [1.82, 2.24) is 9.55 Å². The second kappa shape index (κ2) is 4.58. The number of rotatable bonds is 3. The molecule has 1 aliphatic rings. The summed E-state index contributed by atoms with van der Waals surface area (Å²) in [5.41, 5.74) is 9.10. The van der Waals surface area contributed by atoms with Crippen molar-refractivity contribution in [2.75, 3.05) is 0 Å². The zero-order chi connectivity index (χ0) is 12.5. The second-order valence-electron chi connectivity index (χ2n) is 5.18. The van der Waals surface area contributed by atoms with Gasteiger partial charge in [0.2, 0.25) is 0 Å². The van der Waals surface area contributed by atoms with Gasteiger partial charge in [-0.3, -0.25) is 0 Å². The summed E-state index contributed by atoms with van der Waals surface area (Å²) in [6, 6.07) is 8.75. The van der Waals surface area contributed by atoms with Gasteiger partial charge in [0.25, 0.3) is 0 Å². The molecule has 0 saturated carbocycles. The van der Waals surface area contributed by atoms with Crippen molar-refractivity contribution in [3.8, 4) is 0 Å². The van der Waals surface area contributed by atoms with Crippen LogP contribution in [0.4, 0.5) is 0 Å². The van der Waals surface area contributed by atoms with Crippen molar-refractivity contribution >= 4 is 0 Å². The number of imidazole rings is 1. The van der Waals surface area contributed by atoms with E-state index in [1.54, 1.807) is 0 Å². The Morgan fingerprint density at radius 3 is 2.94 bits per heavy atom. The highest BCUT2D eigenvalue weighted by molar-refractivity contribution is 5.35. The normalized spacial score (nSPS) is 22.1. The summed E-state index contributed by atoms with van der Waals surface area (Å²) >= 11 is 0. The first-order chi connectivity index (χ1) is 8.75. The molecule has 2 unspecified atom stereocenters. The summed E-state index contributed by atoms with van der Waals surface area (Å²) in [5.74, 6) is 1.71. The lowest BCUT2D eigenvalue weighted by Gasteiger charge is -2.15. The van der Waals surface area contributed by atoms with Crippen LogP contribution in [0.5, 0.6) is 0 Å². The van der Waals surface area contributed by atoms with Gasteiger partial charge in [0.1, 0.15) is 5.82 Å². The molecule has 0 saturated heterocycles. The number of hydrogen-bond acceptors (Lipinski definition) is 2. The van der Waals surface area contributed by atoms with Crippen LogP contribution < -0.4 is 5.73 Å². The molecule has 1 aliphatic carbocycles. The number of nitrogens with two attached hydrogens (primary N) is 1. The Morgan fingerprint density at radius 2 is 2.22 bits per heavy atom. The van der Waals surface area contributed by atoms with Crippen LogP contribution >= 0.6 is 0 Å². The number of aryl methyl sites for hydroxylation is 2. The Morgan fingerprint density at radius 1 is 1.39 bits per heavy atom. The average molecular weight is 241 g/mol. The van der Waals surface area contributed by atoms with Gasteiger partial charge in [-0.25, -0.2) is 4.98 Å². The van der Waals surface area contributed by atoms with Gasteiger partial charge in [-0.15, -0.1) is 0 Å². The molecule has 2 atom stereocenters. The number of aromatic nitrogens is 2. The topological polar surface area (TPSA) is 43.8 Å². The quantitative estimate of drug-likeness (QED) is 0.895. The van der Waals surface area contributed by atoms with Crippen LogP contribution in [0.3, 0.4) is 0 Å². The van der Waals surface area contributed by atoms with Crippen molar-refractivity contribution in [1.29, 1.82) is 0 Å². The van der Waals surface area contributed by atoms with Crippen molar-refractivity contribution in [2.24, 2.45) is 18.7 Å². The van der Waals surface area contributed by atoms with Crippen LogP contribution in [0.25, 0.3) is 0 Å². The molecule has 3 nitrogen and oxygen atoms in total. The molecule has 0 amide bonds. The van der Waals surface area contributed by atoms with E-state index in [4.69, 9.17) is 5.73 Å². The van der Waals surface area contributed by atoms with E-state index in [1.165, 1.54) is 11.1 Å². The van der Waals surface area contributed by atoms with Crippen molar-refractivity contribution in [3.63, 3.8) is 0 Å². The van der Waals surface area contributed by atoms with Crippen LogP contribution in [0.2, 0.25) is 0 Å². The highest BCUT2D eigenvalue weighted by atomic mass is 15.0. The van der Waals surface area contributed by atoms with Crippen molar-refractivity contribution in [3.05, 3.63) is 53.6 Å².